The van der Waals surface area contributed by atoms with Crippen molar-refractivity contribution in [1.82, 2.24) is 5.48 Å². The van der Waals surface area contributed by atoms with Crippen LogP contribution in [0.5, 0.6) is 0 Å². The number of hydrogen-bond acceptors (Lipinski definition) is 4. The third-order valence-corrected chi connectivity index (χ3v) is 4.58. The molecule has 5 nitrogen and oxygen atoms in total. The van der Waals surface area contributed by atoms with Gasteiger partial charge >= 0.3 is 0 Å². The van der Waals surface area contributed by atoms with Crippen molar-refractivity contribution >= 4 is 63.1 Å². The monoisotopic (exact) mass is 512 g/mol. The summed E-state index contributed by atoms with van der Waals surface area (Å²) >= 11 is 14.1. The molecule has 1 amide bonds. The number of amides is 1. The number of carbonyl (C=O) groups excluding carboxylic acids is 1. The maximum absolute atomic E-state index is 13.9. The number of nitrogens with one attached hydrogen (secondary N) is 2. The number of aliphatic hydroxyl groups is 1. The summed E-state index contributed by atoms with van der Waals surface area (Å²) in [6, 6.07) is 7.54. The Labute approximate surface area is 173 Å². The van der Waals surface area contributed by atoms with Crippen molar-refractivity contribution in [1.29, 1.82) is 0 Å². The van der Waals surface area contributed by atoms with E-state index in [0.29, 0.717) is 10.7 Å². The zero-order valence-electron chi connectivity index (χ0n) is 13.9. The van der Waals surface area contributed by atoms with Crippen molar-refractivity contribution in [3.05, 3.63) is 55.3 Å². The van der Waals surface area contributed by atoms with Crippen LogP contribution in [0.1, 0.15) is 24.2 Å². The summed E-state index contributed by atoms with van der Waals surface area (Å²) in [4.78, 5) is 17.6. The first kappa shape index (κ1) is 21.2. The standard InChI is InChI=1S/C17H16Cl2FIN2O3/c1-17(2,8-24)26-23-16(25)10-6-11(18)13(20)7-15(10)22-14-4-3-9(21)5-12(14)19/h3-7,22,24H,8H2,1-2H3,(H,23,25). The molecule has 9 heteroatoms. The molecule has 0 bridgehead atoms. The molecule has 0 aliphatic rings. The highest BCUT2D eigenvalue weighted by atomic mass is 127. The summed E-state index contributed by atoms with van der Waals surface area (Å²) in [5.74, 6) is -1.35. The maximum Gasteiger partial charge on any atom is 0.277 e. The van der Waals surface area contributed by atoms with Crippen molar-refractivity contribution in [2.24, 2.45) is 0 Å². The molecule has 3 N–H and O–H groups in total. The molecule has 0 saturated heterocycles. The lowest BCUT2D eigenvalue weighted by molar-refractivity contribution is -0.0956. The van der Waals surface area contributed by atoms with Gasteiger partial charge in [0.1, 0.15) is 11.4 Å². The van der Waals surface area contributed by atoms with E-state index in [1.165, 1.54) is 6.07 Å². The molecule has 0 radical (unpaired) electrons. The Balaban J connectivity index is 2.33. The van der Waals surface area contributed by atoms with Gasteiger partial charge in [-0.1, -0.05) is 23.2 Å². The normalized spacial score (nSPS) is 11.3. The Kier molecular flexibility index (Phi) is 7.09. The number of rotatable bonds is 6. The van der Waals surface area contributed by atoms with Crippen LogP contribution in [-0.2, 0) is 4.84 Å². The van der Waals surface area contributed by atoms with E-state index in [9.17, 15) is 14.3 Å². The lowest BCUT2D eigenvalue weighted by atomic mass is 10.1. The van der Waals surface area contributed by atoms with E-state index in [1.54, 1.807) is 26.0 Å². The van der Waals surface area contributed by atoms with Crippen LogP contribution >= 0.6 is 45.8 Å². The van der Waals surface area contributed by atoms with Gasteiger partial charge in [-0.25, -0.2) is 9.87 Å². The van der Waals surface area contributed by atoms with Crippen LogP contribution in [0.25, 0.3) is 0 Å². The maximum atomic E-state index is 13.9. The van der Waals surface area contributed by atoms with Gasteiger partial charge in [-0.05, 0) is 66.8 Å². The number of benzene rings is 2. The molecule has 2 rings (SSSR count). The van der Waals surface area contributed by atoms with E-state index in [2.05, 4.69) is 33.4 Å². The summed E-state index contributed by atoms with van der Waals surface area (Å²) < 4.78 is 14.8. The summed E-state index contributed by atoms with van der Waals surface area (Å²) in [6.45, 7) is 2.88. The fourth-order valence-electron chi connectivity index (χ4n) is 1.85. The van der Waals surface area contributed by atoms with E-state index in [0.717, 1.165) is 9.64 Å². The Morgan fingerprint density at radius 1 is 1.23 bits per heavy atom. The predicted molar refractivity (Wildman–Crippen MR) is 109 cm³/mol. The van der Waals surface area contributed by atoms with E-state index >= 15 is 0 Å². The van der Waals surface area contributed by atoms with Crippen molar-refractivity contribution in [3.63, 3.8) is 0 Å². The van der Waals surface area contributed by atoms with Crippen LogP contribution in [0.3, 0.4) is 0 Å². The van der Waals surface area contributed by atoms with Crippen LogP contribution in [0.15, 0.2) is 30.3 Å². The predicted octanol–water partition coefficient (Wildman–Crippen LogP) is 4.91. The molecule has 0 unspecified atom stereocenters. The highest BCUT2D eigenvalue weighted by Crippen LogP contribution is 2.31. The van der Waals surface area contributed by atoms with E-state index in [-0.39, 0.29) is 22.9 Å². The number of anilines is 2. The molecule has 0 saturated carbocycles. The highest BCUT2D eigenvalue weighted by Gasteiger charge is 2.22. The van der Waals surface area contributed by atoms with E-state index < -0.39 is 17.3 Å². The van der Waals surface area contributed by atoms with Crippen LogP contribution in [0.2, 0.25) is 10.0 Å². The smallest absolute Gasteiger partial charge is 0.277 e. The first-order chi connectivity index (χ1) is 12.1. The first-order valence-corrected chi connectivity index (χ1v) is 9.27. The minimum atomic E-state index is -0.980. The minimum Gasteiger partial charge on any atom is -0.393 e. The van der Waals surface area contributed by atoms with E-state index in [1.807, 2.05) is 6.07 Å². The molecule has 2 aromatic rings. The molecule has 0 aromatic heterocycles. The molecule has 2 aromatic carbocycles. The van der Waals surface area contributed by atoms with Crippen molar-refractivity contribution in [3.8, 4) is 0 Å². The Morgan fingerprint density at radius 3 is 2.54 bits per heavy atom. The van der Waals surface area contributed by atoms with Gasteiger partial charge in [-0.3, -0.25) is 9.63 Å². The second kappa shape index (κ2) is 8.71. The minimum absolute atomic E-state index is 0.0553. The average Bonchev–Trinajstić information content (AvgIpc) is 2.58. The number of halogens is 4. The first-order valence-electron chi connectivity index (χ1n) is 7.43. The third-order valence-electron chi connectivity index (χ3n) is 3.31. The number of hydrogen-bond donors (Lipinski definition) is 3. The zero-order valence-corrected chi connectivity index (χ0v) is 17.5. The SMILES string of the molecule is CC(C)(CO)ONC(=O)c1cc(Cl)c(F)cc1Nc1ccc(I)cc1Cl. The average molecular weight is 513 g/mol. The molecule has 26 heavy (non-hydrogen) atoms. The lowest BCUT2D eigenvalue weighted by Crippen LogP contribution is -2.38. The van der Waals surface area contributed by atoms with E-state index in [4.69, 9.17) is 28.0 Å². The van der Waals surface area contributed by atoms with Crippen LogP contribution in [0, 0.1) is 9.39 Å². The van der Waals surface area contributed by atoms with Gasteiger partial charge in [-0.2, -0.15) is 0 Å². The van der Waals surface area contributed by atoms with Crippen molar-refractivity contribution in [2.75, 3.05) is 11.9 Å². The second-order valence-electron chi connectivity index (χ2n) is 6.01. The van der Waals surface area contributed by atoms with Gasteiger partial charge in [0.25, 0.3) is 5.91 Å². The van der Waals surface area contributed by atoms with Crippen LogP contribution in [0.4, 0.5) is 15.8 Å². The topological polar surface area (TPSA) is 70.6 Å². The highest BCUT2D eigenvalue weighted by molar-refractivity contribution is 14.1. The summed E-state index contributed by atoms with van der Waals surface area (Å²) in [6.07, 6.45) is 0. The molecule has 0 aliphatic carbocycles. The van der Waals surface area contributed by atoms with Gasteiger partial charge in [0.05, 0.1) is 33.6 Å². The van der Waals surface area contributed by atoms with Crippen molar-refractivity contribution in [2.45, 2.75) is 19.4 Å². The molecule has 0 spiro atoms. The lowest BCUT2D eigenvalue weighted by Gasteiger charge is -2.22. The fourth-order valence-corrected chi connectivity index (χ4v) is 2.91. The largest absolute Gasteiger partial charge is 0.393 e. The molecule has 0 atom stereocenters. The van der Waals surface area contributed by atoms with Gasteiger partial charge < -0.3 is 10.4 Å². The van der Waals surface area contributed by atoms with Gasteiger partial charge in [0, 0.05) is 3.57 Å². The zero-order chi connectivity index (χ0) is 19.5. The molecular weight excluding hydrogens is 497 g/mol. The Hall–Kier alpha value is -1.13. The number of hydroxylamine groups is 1. The summed E-state index contributed by atoms with van der Waals surface area (Å²) in [5, 5.41) is 12.3. The number of carbonyl (C=O) groups is 1. The number of aliphatic hydroxyl groups excluding tert-OH is 1. The summed E-state index contributed by atoms with van der Waals surface area (Å²) in [5.41, 5.74) is 1.97. The molecular formula is C17H16Cl2FIN2O3. The molecule has 0 heterocycles. The van der Waals surface area contributed by atoms with Crippen molar-refractivity contribution < 1.29 is 19.1 Å². The van der Waals surface area contributed by atoms with Gasteiger partial charge in [0.2, 0.25) is 0 Å². The van der Waals surface area contributed by atoms with Gasteiger partial charge in [-0.15, -0.1) is 0 Å². The quantitative estimate of drug-likeness (QED) is 0.380. The fraction of sp³-hybridized carbons (Fsp3) is 0.235. The van der Waals surface area contributed by atoms with Crippen LogP contribution in [-0.4, -0.2) is 23.2 Å². The van der Waals surface area contributed by atoms with Gasteiger partial charge in [0.15, 0.2) is 0 Å². The third kappa shape index (κ3) is 5.43. The Bertz CT molecular complexity index is 834. The summed E-state index contributed by atoms with van der Waals surface area (Å²) in [7, 11) is 0. The molecule has 0 aliphatic heterocycles. The second-order valence-corrected chi connectivity index (χ2v) is 8.07. The Morgan fingerprint density at radius 2 is 1.92 bits per heavy atom. The molecule has 0 fully saturated rings. The van der Waals surface area contributed by atoms with Crippen LogP contribution < -0.4 is 10.8 Å². The molecule has 140 valence electrons.